The van der Waals surface area contributed by atoms with Gasteiger partial charge in [-0.3, -0.25) is 0 Å². The van der Waals surface area contributed by atoms with Crippen molar-refractivity contribution >= 4 is 23.1 Å². The maximum atomic E-state index is 12.1. The van der Waals surface area contributed by atoms with Crippen LogP contribution in [0, 0.1) is 6.92 Å². The number of nitrogens with zero attached hydrogens (tertiary/aromatic N) is 3. The molecule has 0 aliphatic rings. The van der Waals surface area contributed by atoms with Crippen molar-refractivity contribution in [1.29, 1.82) is 0 Å². The topological polar surface area (TPSA) is 67.3 Å². The Labute approximate surface area is 121 Å². The number of hydrogen-bond donors (Lipinski definition) is 1. The van der Waals surface area contributed by atoms with Gasteiger partial charge < -0.3 is 15.0 Å². The quantitative estimate of drug-likeness (QED) is 0.940. The van der Waals surface area contributed by atoms with E-state index in [9.17, 15) is 4.79 Å². The molecule has 0 saturated carbocycles. The average molecular weight is 292 g/mol. The lowest BCUT2D eigenvalue weighted by molar-refractivity contribution is 0.221. The van der Waals surface area contributed by atoms with E-state index in [1.807, 2.05) is 6.92 Å². The van der Waals surface area contributed by atoms with Crippen molar-refractivity contribution in [2.24, 2.45) is 0 Å². The number of pyridine rings is 1. The first-order chi connectivity index (χ1) is 9.60. The Morgan fingerprint density at radius 1 is 1.50 bits per heavy atom. The third kappa shape index (κ3) is 3.45. The number of nitrogens with one attached hydrogen (secondary N) is 1. The van der Waals surface area contributed by atoms with Crippen LogP contribution in [0.2, 0.25) is 0 Å². The van der Waals surface area contributed by atoms with Crippen LogP contribution in [0.1, 0.15) is 9.88 Å². The van der Waals surface area contributed by atoms with E-state index in [1.165, 1.54) is 7.11 Å². The lowest BCUT2D eigenvalue weighted by Crippen LogP contribution is -2.30. The summed E-state index contributed by atoms with van der Waals surface area (Å²) in [5.74, 6) is 0.392. The maximum absolute atomic E-state index is 12.1. The van der Waals surface area contributed by atoms with Gasteiger partial charge in [0.25, 0.3) is 0 Å². The largest absolute Gasteiger partial charge is 0.480 e. The second kappa shape index (κ2) is 6.33. The molecule has 0 atom stereocenters. The van der Waals surface area contributed by atoms with Gasteiger partial charge in [0, 0.05) is 24.3 Å². The van der Waals surface area contributed by atoms with Gasteiger partial charge in [0.2, 0.25) is 5.88 Å². The van der Waals surface area contributed by atoms with Gasteiger partial charge in [-0.2, -0.15) is 0 Å². The molecule has 7 heteroatoms. The third-order valence-electron chi connectivity index (χ3n) is 2.61. The fraction of sp³-hybridized carbons (Fsp3) is 0.308. The monoisotopic (exact) mass is 292 g/mol. The van der Waals surface area contributed by atoms with Crippen molar-refractivity contribution < 1.29 is 9.53 Å². The Morgan fingerprint density at radius 2 is 2.30 bits per heavy atom. The second-order valence-corrected chi connectivity index (χ2v) is 5.51. The van der Waals surface area contributed by atoms with Crippen molar-refractivity contribution in [2.75, 3.05) is 19.5 Å². The summed E-state index contributed by atoms with van der Waals surface area (Å²) < 4.78 is 5.10. The van der Waals surface area contributed by atoms with Crippen LogP contribution >= 0.6 is 11.3 Å². The molecule has 2 heterocycles. The molecule has 106 valence electrons. The molecule has 2 aromatic rings. The standard InChI is InChI=1S/C13H16N4O2S/c1-9-15-7-10(20-9)8-17(2)13(18)16-11-5-4-6-14-12(11)19-3/h4-7H,8H2,1-3H3,(H,16,18). The van der Waals surface area contributed by atoms with Crippen molar-refractivity contribution in [3.8, 4) is 5.88 Å². The highest BCUT2D eigenvalue weighted by Crippen LogP contribution is 2.20. The van der Waals surface area contributed by atoms with Crippen molar-refractivity contribution in [3.05, 3.63) is 34.4 Å². The molecule has 0 saturated heterocycles. The summed E-state index contributed by atoms with van der Waals surface area (Å²) in [6.45, 7) is 2.45. The molecular weight excluding hydrogens is 276 g/mol. The number of carbonyl (C=O) groups excluding carboxylic acids is 1. The summed E-state index contributed by atoms with van der Waals surface area (Å²) in [6, 6.07) is 3.27. The van der Waals surface area contributed by atoms with Gasteiger partial charge in [-0.05, 0) is 19.1 Å². The molecule has 0 fully saturated rings. The first-order valence-electron chi connectivity index (χ1n) is 6.02. The number of methoxy groups -OCH3 is 1. The van der Waals surface area contributed by atoms with Gasteiger partial charge in [0.1, 0.15) is 5.69 Å². The second-order valence-electron chi connectivity index (χ2n) is 4.19. The Morgan fingerprint density at radius 3 is 2.95 bits per heavy atom. The van der Waals surface area contributed by atoms with Gasteiger partial charge in [0.15, 0.2) is 0 Å². The van der Waals surface area contributed by atoms with Gasteiger partial charge in [-0.1, -0.05) is 0 Å². The predicted molar refractivity (Wildman–Crippen MR) is 78.1 cm³/mol. The third-order valence-corrected chi connectivity index (χ3v) is 3.51. The van der Waals surface area contributed by atoms with E-state index in [2.05, 4.69) is 15.3 Å². The lowest BCUT2D eigenvalue weighted by Gasteiger charge is -2.17. The molecule has 0 aliphatic heterocycles. The van der Waals surface area contributed by atoms with Crippen LogP contribution in [-0.2, 0) is 6.54 Å². The molecule has 20 heavy (non-hydrogen) atoms. The number of aryl methyl sites for hydroxylation is 1. The summed E-state index contributed by atoms with van der Waals surface area (Å²) in [4.78, 5) is 22.9. The molecule has 2 aromatic heterocycles. The number of thiazole rings is 1. The van der Waals surface area contributed by atoms with Gasteiger partial charge in [-0.25, -0.2) is 14.8 Å². The summed E-state index contributed by atoms with van der Waals surface area (Å²) >= 11 is 1.58. The fourth-order valence-electron chi connectivity index (χ4n) is 1.64. The molecular formula is C13H16N4O2S. The van der Waals surface area contributed by atoms with Gasteiger partial charge in [-0.15, -0.1) is 11.3 Å². The smallest absolute Gasteiger partial charge is 0.322 e. The van der Waals surface area contributed by atoms with Gasteiger partial charge >= 0.3 is 6.03 Å². The first kappa shape index (κ1) is 14.3. The van der Waals surface area contributed by atoms with E-state index in [0.717, 1.165) is 9.88 Å². The zero-order valence-corrected chi connectivity index (χ0v) is 12.4. The van der Waals surface area contributed by atoms with Gasteiger partial charge in [0.05, 0.1) is 18.7 Å². The highest BCUT2D eigenvalue weighted by Gasteiger charge is 2.13. The van der Waals surface area contributed by atoms with Crippen LogP contribution < -0.4 is 10.1 Å². The van der Waals surface area contributed by atoms with Crippen molar-refractivity contribution in [2.45, 2.75) is 13.5 Å². The first-order valence-corrected chi connectivity index (χ1v) is 6.84. The van der Waals surface area contributed by atoms with Crippen molar-refractivity contribution in [1.82, 2.24) is 14.9 Å². The predicted octanol–water partition coefficient (Wildman–Crippen LogP) is 2.52. The summed E-state index contributed by atoms with van der Waals surface area (Å²) in [6.07, 6.45) is 3.40. The number of urea groups is 1. The molecule has 0 bridgehead atoms. The Balaban J connectivity index is 2.00. The number of ether oxygens (including phenoxy) is 1. The van der Waals surface area contributed by atoms with E-state index < -0.39 is 0 Å². The number of hydrogen-bond acceptors (Lipinski definition) is 5. The molecule has 0 radical (unpaired) electrons. The van der Waals surface area contributed by atoms with E-state index in [1.54, 1.807) is 47.8 Å². The van der Waals surface area contributed by atoms with Crippen LogP contribution in [0.4, 0.5) is 10.5 Å². The zero-order valence-electron chi connectivity index (χ0n) is 11.6. The molecule has 2 rings (SSSR count). The molecule has 6 nitrogen and oxygen atoms in total. The van der Waals surface area contributed by atoms with Crippen LogP contribution in [0.15, 0.2) is 24.5 Å². The van der Waals surface area contributed by atoms with Crippen LogP contribution in [0.5, 0.6) is 5.88 Å². The number of amides is 2. The fourth-order valence-corrected chi connectivity index (χ4v) is 2.49. The van der Waals surface area contributed by atoms with E-state index in [-0.39, 0.29) is 6.03 Å². The highest BCUT2D eigenvalue weighted by molar-refractivity contribution is 7.11. The minimum atomic E-state index is -0.220. The van der Waals surface area contributed by atoms with Crippen LogP contribution in [0.3, 0.4) is 0 Å². The molecule has 0 spiro atoms. The molecule has 0 unspecified atom stereocenters. The normalized spacial score (nSPS) is 10.2. The molecule has 0 aromatic carbocycles. The number of carbonyl (C=O) groups is 1. The number of aromatic nitrogens is 2. The summed E-state index contributed by atoms with van der Waals surface area (Å²) in [7, 11) is 3.25. The number of rotatable bonds is 4. The van der Waals surface area contributed by atoms with E-state index in [0.29, 0.717) is 18.1 Å². The average Bonchev–Trinajstić information content (AvgIpc) is 2.84. The highest BCUT2D eigenvalue weighted by atomic mass is 32.1. The van der Waals surface area contributed by atoms with E-state index in [4.69, 9.17) is 4.74 Å². The Hall–Kier alpha value is -2.15. The Kier molecular flexibility index (Phi) is 4.52. The molecule has 1 N–H and O–H groups in total. The zero-order chi connectivity index (χ0) is 14.5. The maximum Gasteiger partial charge on any atom is 0.322 e. The SMILES string of the molecule is COc1ncccc1NC(=O)N(C)Cc1cnc(C)s1. The summed E-state index contributed by atoms with van der Waals surface area (Å²) in [5.41, 5.74) is 0.548. The number of anilines is 1. The van der Waals surface area contributed by atoms with E-state index >= 15 is 0 Å². The molecule has 0 aliphatic carbocycles. The Bertz CT molecular complexity index is 600. The lowest BCUT2D eigenvalue weighted by atomic mass is 10.4. The summed E-state index contributed by atoms with van der Waals surface area (Å²) in [5, 5.41) is 3.76. The van der Waals surface area contributed by atoms with Crippen LogP contribution in [0.25, 0.3) is 0 Å². The van der Waals surface area contributed by atoms with Crippen LogP contribution in [-0.4, -0.2) is 35.1 Å². The minimum absolute atomic E-state index is 0.220. The minimum Gasteiger partial charge on any atom is -0.480 e. The van der Waals surface area contributed by atoms with Crippen molar-refractivity contribution in [3.63, 3.8) is 0 Å². The molecule has 2 amide bonds.